The van der Waals surface area contributed by atoms with E-state index >= 15 is 0 Å². The molecule has 104 valence electrons. The number of nitrogens with zero attached hydrogens (tertiary/aromatic N) is 2. The second kappa shape index (κ2) is 7.04. The summed E-state index contributed by atoms with van der Waals surface area (Å²) in [7, 11) is 2.99. The lowest BCUT2D eigenvalue weighted by Gasteiger charge is -2.18. The van der Waals surface area contributed by atoms with Crippen molar-refractivity contribution in [2.24, 2.45) is 5.92 Å². The smallest absolute Gasteiger partial charge is 0.310 e. The number of aryl methyl sites for hydroxylation is 1. The number of aromatic nitrogens is 1. The van der Waals surface area contributed by atoms with E-state index in [1.807, 2.05) is 12.3 Å². The summed E-state index contributed by atoms with van der Waals surface area (Å²) in [6.45, 7) is 3.96. The van der Waals surface area contributed by atoms with Crippen molar-refractivity contribution in [3.05, 3.63) is 22.2 Å². The molecule has 1 atom stereocenters. The molecule has 0 bridgehead atoms. The molecule has 1 unspecified atom stereocenters. The maximum Gasteiger partial charge on any atom is 0.310 e. The average molecular weight is 282 g/mol. The summed E-state index contributed by atoms with van der Waals surface area (Å²) in [5.41, 5.74) is 0.769. The Hall–Kier alpha value is -1.69. The van der Waals surface area contributed by atoms with Gasteiger partial charge in [-0.3, -0.25) is 9.59 Å². The van der Waals surface area contributed by atoms with Crippen LogP contribution in [-0.2, 0) is 14.3 Å². The highest BCUT2D eigenvalue weighted by molar-refractivity contribution is 7.09. The van der Waals surface area contributed by atoms with Crippen LogP contribution in [0.5, 0.6) is 0 Å². The Kier molecular flexibility index (Phi) is 5.69. The number of hydrogen-bond donors (Lipinski definition) is 0. The predicted octanol–water partition coefficient (Wildman–Crippen LogP) is 1.73. The molecule has 0 aliphatic heterocycles. The Morgan fingerprint density at radius 3 is 2.79 bits per heavy atom. The van der Waals surface area contributed by atoms with Crippen LogP contribution in [0.1, 0.15) is 17.6 Å². The van der Waals surface area contributed by atoms with Gasteiger partial charge in [-0.2, -0.15) is 0 Å². The monoisotopic (exact) mass is 282 g/mol. The maximum absolute atomic E-state index is 11.8. The van der Waals surface area contributed by atoms with Crippen molar-refractivity contribution in [1.29, 1.82) is 0 Å². The minimum Gasteiger partial charge on any atom is -0.469 e. The second-order valence-electron chi connectivity index (χ2n) is 4.27. The number of amides is 1. The van der Waals surface area contributed by atoms with E-state index < -0.39 is 0 Å². The van der Waals surface area contributed by atoms with Crippen molar-refractivity contribution >= 4 is 29.3 Å². The van der Waals surface area contributed by atoms with Crippen molar-refractivity contribution in [3.8, 4) is 0 Å². The summed E-state index contributed by atoms with van der Waals surface area (Å²) >= 11 is 1.53. The Balaban J connectivity index is 2.53. The van der Waals surface area contributed by atoms with Crippen LogP contribution in [-0.4, -0.2) is 42.5 Å². The number of carbonyl (C=O) groups is 2. The molecule has 1 heterocycles. The number of methoxy groups -OCH3 is 1. The molecule has 1 aromatic heterocycles. The number of likely N-dealkylation sites (N-methyl/N-ethyl adjacent to an activating group) is 1. The summed E-state index contributed by atoms with van der Waals surface area (Å²) in [6, 6.07) is 0. The quantitative estimate of drug-likeness (QED) is 0.609. The van der Waals surface area contributed by atoms with Crippen LogP contribution in [0.15, 0.2) is 11.5 Å². The van der Waals surface area contributed by atoms with Crippen LogP contribution in [0.25, 0.3) is 6.08 Å². The third kappa shape index (κ3) is 4.82. The molecule has 0 radical (unpaired) electrons. The van der Waals surface area contributed by atoms with Gasteiger partial charge in [0.05, 0.1) is 23.7 Å². The zero-order valence-corrected chi connectivity index (χ0v) is 12.4. The first kappa shape index (κ1) is 15.4. The average Bonchev–Trinajstić information content (AvgIpc) is 2.80. The lowest BCUT2D eigenvalue weighted by molar-refractivity contribution is -0.145. The van der Waals surface area contributed by atoms with Gasteiger partial charge in [0.25, 0.3) is 0 Å². The fourth-order valence-electron chi connectivity index (χ4n) is 1.52. The summed E-state index contributed by atoms with van der Waals surface area (Å²) in [5.74, 6) is -0.825. The Bertz CT molecular complexity index is 482. The highest BCUT2D eigenvalue weighted by atomic mass is 32.1. The van der Waals surface area contributed by atoms with Gasteiger partial charge in [-0.1, -0.05) is 6.92 Å². The zero-order chi connectivity index (χ0) is 14.4. The number of esters is 1. The van der Waals surface area contributed by atoms with Crippen LogP contribution >= 0.6 is 11.3 Å². The van der Waals surface area contributed by atoms with Crippen LogP contribution < -0.4 is 0 Å². The number of rotatable bonds is 5. The Morgan fingerprint density at radius 1 is 1.58 bits per heavy atom. The second-order valence-corrected chi connectivity index (χ2v) is 5.33. The third-order valence-corrected chi connectivity index (χ3v) is 3.35. The van der Waals surface area contributed by atoms with Gasteiger partial charge in [-0.15, -0.1) is 11.3 Å². The van der Waals surface area contributed by atoms with Gasteiger partial charge in [-0.25, -0.2) is 4.98 Å². The number of ether oxygens (including phenoxy) is 1. The maximum atomic E-state index is 11.8. The fourth-order valence-corrected chi connectivity index (χ4v) is 2.10. The molecule has 5 nitrogen and oxygen atoms in total. The standard InChI is InChI=1S/C13H18N2O3S/c1-9(13(17)18-4)7-15(3)12(16)6-5-11-8-19-10(2)14-11/h5-6,8-9H,7H2,1-4H3/b6-5+. The van der Waals surface area contributed by atoms with Gasteiger partial charge >= 0.3 is 5.97 Å². The minimum absolute atomic E-state index is 0.165. The molecule has 1 rings (SSSR count). The van der Waals surface area contributed by atoms with Crippen LogP contribution in [0, 0.1) is 12.8 Å². The first-order chi connectivity index (χ1) is 8.93. The van der Waals surface area contributed by atoms with Crippen molar-refractivity contribution < 1.29 is 14.3 Å². The Morgan fingerprint density at radius 2 is 2.26 bits per heavy atom. The molecule has 0 aromatic carbocycles. The Labute approximate surface area is 116 Å². The fraction of sp³-hybridized carbons (Fsp3) is 0.462. The van der Waals surface area contributed by atoms with Crippen LogP contribution in [0.4, 0.5) is 0 Å². The highest BCUT2D eigenvalue weighted by Crippen LogP contribution is 2.09. The van der Waals surface area contributed by atoms with E-state index in [1.54, 1.807) is 20.0 Å². The van der Waals surface area contributed by atoms with Gasteiger partial charge in [0.1, 0.15) is 0 Å². The summed E-state index contributed by atoms with van der Waals surface area (Å²) in [5, 5.41) is 2.84. The van der Waals surface area contributed by atoms with Crippen LogP contribution in [0.3, 0.4) is 0 Å². The van der Waals surface area contributed by atoms with Crippen molar-refractivity contribution in [2.45, 2.75) is 13.8 Å². The SMILES string of the molecule is COC(=O)C(C)CN(C)C(=O)/C=C/c1csc(C)n1. The first-order valence-corrected chi connectivity index (χ1v) is 6.75. The third-order valence-electron chi connectivity index (χ3n) is 2.56. The lowest BCUT2D eigenvalue weighted by atomic mass is 10.2. The number of hydrogen-bond acceptors (Lipinski definition) is 5. The minimum atomic E-state index is -0.339. The van der Waals surface area contributed by atoms with Gasteiger partial charge in [0.15, 0.2) is 0 Å². The predicted molar refractivity (Wildman–Crippen MR) is 74.7 cm³/mol. The molecule has 0 fully saturated rings. The molecule has 0 aliphatic rings. The van der Waals surface area contributed by atoms with Crippen molar-refractivity contribution in [2.75, 3.05) is 20.7 Å². The molecule has 1 amide bonds. The summed E-state index contributed by atoms with van der Waals surface area (Å²) in [4.78, 5) is 28.8. The zero-order valence-electron chi connectivity index (χ0n) is 11.5. The number of thiazole rings is 1. The molecule has 1 aromatic rings. The van der Waals surface area contributed by atoms with E-state index in [0.29, 0.717) is 6.54 Å². The normalized spacial score (nSPS) is 12.4. The van der Waals surface area contributed by atoms with E-state index in [-0.39, 0.29) is 17.8 Å². The van der Waals surface area contributed by atoms with E-state index in [9.17, 15) is 9.59 Å². The van der Waals surface area contributed by atoms with Crippen molar-refractivity contribution in [1.82, 2.24) is 9.88 Å². The van der Waals surface area contributed by atoms with E-state index in [0.717, 1.165) is 10.7 Å². The van der Waals surface area contributed by atoms with Gasteiger partial charge in [-0.05, 0) is 13.0 Å². The van der Waals surface area contributed by atoms with Gasteiger partial charge < -0.3 is 9.64 Å². The van der Waals surface area contributed by atoms with E-state index in [1.165, 1.54) is 29.4 Å². The number of carbonyl (C=O) groups excluding carboxylic acids is 2. The molecule has 0 aliphatic carbocycles. The lowest BCUT2D eigenvalue weighted by Crippen LogP contribution is -2.33. The molecule has 0 N–H and O–H groups in total. The largest absolute Gasteiger partial charge is 0.469 e. The molecule has 0 saturated carbocycles. The highest BCUT2D eigenvalue weighted by Gasteiger charge is 2.17. The molecule has 0 saturated heterocycles. The first-order valence-electron chi connectivity index (χ1n) is 5.87. The molecular formula is C13H18N2O3S. The molecule has 0 spiro atoms. The van der Waals surface area contributed by atoms with E-state index in [4.69, 9.17) is 0 Å². The summed E-state index contributed by atoms with van der Waals surface area (Å²) < 4.78 is 4.62. The topological polar surface area (TPSA) is 59.5 Å². The van der Waals surface area contributed by atoms with E-state index in [2.05, 4.69) is 9.72 Å². The van der Waals surface area contributed by atoms with Gasteiger partial charge in [0, 0.05) is 25.0 Å². The van der Waals surface area contributed by atoms with Crippen LogP contribution in [0.2, 0.25) is 0 Å². The molecule has 6 heteroatoms. The molecule has 19 heavy (non-hydrogen) atoms. The van der Waals surface area contributed by atoms with Gasteiger partial charge in [0.2, 0.25) is 5.91 Å². The molecular weight excluding hydrogens is 264 g/mol. The van der Waals surface area contributed by atoms with Crippen molar-refractivity contribution in [3.63, 3.8) is 0 Å². The summed E-state index contributed by atoms with van der Waals surface area (Å²) in [6.07, 6.45) is 3.13.